The minimum atomic E-state index is 0.226. The van der Waals surface area contributed by atoms with Crippen LogP contribution in [0.4, 0.5) is 0 Å². The summed E-state index contributed by atoms with van der Waals surface area (Å²) in [6, 6.07) is 0. The average Bonchev–Trinajstić information content (AvgIpc) is 2.93. The van der Waals surface area contributed by atoms with E-state index in [0.717, 1.165) is 6.42 Å². The van der Waals surface area contributed by atoms with Crippen molar-refractivity contribution >= 4 is 5.78 Å². The SMILES string of the molecule is CCCCCCC(C=C1CC1)C(C)=O. The molecule has 1 rings (SSSR count). The number of carbonyl (C=O) groups is 1. The highest BCUT2D eigenvalue weighted by atomic mass is 16.1. The molecule has 0 aromatic heterocycles. The number of ketones is 1. The largest absolute Gasteiger partial charge is 0.299 e. The molecule has 0 bridgehead atoms. The minimum absolute atomic E-state index is 0.226. The van der Waals surface area contributed by atoms with Crippen LogP contribution in [0.1, 0.15) is 58.8 Å². The van der Waals surface area contributed by atoms with Crippen LogP contribution in [-0.2, 0) is 4.79 Å². The summed E-state index contributed by atoms with van der Waals surface area (Å²) >= 11 is 0. The van der Waals surface area contributed by atoms with Gasteiger partial charge in [-0.25, -0.2) is 0 Å². The molecular formula is C13H22O. The first-order valence-electron chi connectivity index (χ1n) is 5.94. The Morgan fingerprint density at radius 1 is 1.36 bits per heavy atom. The number of unbranched alkanes of at least 4 members (excludes halogenated alkanes) is 3. The van der Waals surface area contributed by atoms with E-state index in [9.17, 15) is 4.79 Å². The molecule has 0 aliphatic heterocycles. The first-order chi connectivity index (χ1) is 6.74. The Labute approximate surface area is 87.6 Å². The first-order valence-corrected chi connectivity index (χ1v) is 5.94. The highest BCUT2D eigenvalue weighted by Gasteiger charge is 2.17. The van der Waals surface area contributed by atoms with Crippen molar-refractivity contribution in [2.75, 3.05) is 0 Å². The Kier molecular flexibility index (Phi) is 4.92. The summed E-state index contributed by atoms with van der Waals surface area (Å²) in [6.07, 6.45) is 10.8. The Bertz CT molecular complexity index is 209. The van der Waals surface area contributed by atoms with Gasteiger partial charge in [-0.05, 0) is 26.2 Å². The third kappa shape index (κ3) is 4.59. The lowest BCUT2D eigenvalue weighted by molar-refractivity contribution is -0.119. The highest BCUT2D eigenvalue weighted by Crippen LogP contribution is 2.30. The lowest BCUT2D eigenvalue weighted by atomic mass is 9.96. The minimum Gasteiger partial charge on any atom is -0.299 e. The van der Waals surface area contributed by atoms with Gasteiger partial charge in [0.05, 0.1) is 0 Å². The Balaban J connectivity index is 2.21. The average molecular weight is 194 g/mol. The topological polar surface area (TPSA) is 17.1 Å². The molecule has 1 fully saturated rings. The normalized spacial score (nSPS) is 16.6. The third-order valence-corrected chi connectivity index (χ3v) is 2.87. The van der Waals surface area contributed by atoms with E-state index < -0.39 is 0 Å². The Morgan fingerprint density at radius 3 is 2.57 bits per heavy atom. The summed E-state index contributed by atoms with van der Waals surface area (Å²) in [6.45, 7) is 3.94. The molecule has 0 aromatic carbocycles. The maximum absolute atomic E-state index is 11.3. The summed E-state index contributed by atoms with van der Waals surface area (Å²) in [5.41, 5.74) is 1.50. The fourth-order valence-corrected chi connectivity index (χ4v) is 1.72. The van der Waals surface area contributed by atoms with Crippen LogP contribution >= 0.6 is 0 Å². The van der Waals surface area contributed by atoms with Gasteiger partial charge in [-0.2, -0.15) is 0 Å². The lowest BCUT2D eigenvalue weighted by Gasteiger charge is -2.08. The van der Waals surface area contributed by atoms with Crippen molar-refractivity contribution in [3.05, 3.63) is 11.6 Å². The zero-order valence-corrected chi connectivity index (χ0v) is 9.51. The van der Waals surface area contributed by atoms with Gasteiger partial charge >= 0.3 is 0 Å². The maximum atomic E-state index is 11.3. The number of hydrogen-bond donors (Lipinski definition) is 0. The van der Waals surface area contributed by atoms with Crippen LogP contribution in [0.2, 0.25) is 0 Å². The summed E-state index contributed by atoms with van der Waals surface area (Å²) < 4.78 is 0. The number of rotatable bonds is 7. The zero-order chi connectivity index (χ0) is 10.4. The van der Waals surface area contributed by atoms with Gasteiger partial charge in [0, 0.05) is 5.92 Å². The molecule has 0 radical (unpaired) electrons. The lowest BCUT2D eigenvalue weighted by Crippen LogP contribution is -2.07. The smallest absolute Gasteiger partial charge is 0.136 e. The van der Waals surface area contributed by atoms with Gasteiger partial charge in [0.2, 0.25) is 0 Å². The van der Waals surface area contributed by atoms with E-state index in [1.807, 2.05) is 0 Å². The molecule has 1 heteroatoms. The Hall–Kier alpha value is -0.590. The summed E-state index contributed by atoms with van der Waals surface area (Å²) in [5, 5.41) is 0. The van der Waals surface area contributed by atoms with Crippen LogP contribution in [0.25, 0.3) is 0 Å². The molecule has 0 saturated heterocycles. The van der Waals surface area contributed by atoms with E-state index in [1.165, 1.54) is 44.1 Å². The quantitative estimate of drug-likeness (QED) is 0.444. The van der Waals surface area contributed by atoms with Crippen LogP contribution in [0.3, 0.4) is 0 Å². The fraction of sp³-hybridized carbons (Fsp3) is 0.769. The van der Waals surface area contributed by atoms with Gasteiger partial charge < -0.3 is 0 Å². The molecule has 0 N–H and O–H groups in total. The van der Waals surface area contributed by atoms with Gasteiger partial charge in [-0.1, -0.05) is 44.3 Å². The van der Waals surface area contributed by atoms with E-state index >= 15 is 0 Å². The molecule has 0 aromatic rings. The molecule has 0 spiro atoms. The van der Waals surface area contributed by atoms with E-state index in [1.54, 1.807) is 6.92 Å². The second-order valence-corrected chi connectivity index (χ2v) is 4.39. The van der Waals surface area contributed by atoms with Crippen molar-refractivity contribution in [1.82, 2.24) is 0 Å². The van der Waals surface area contributed by atoms with Crippen LogP contribution in [-0.4, -0.2) is 5.78 Å². The molecule has 1 saturated carbocycles. The predicted molar refractivity (Wildman–Crippen MR) is 60.2 cm³/mol. The van der Waals surface area contributed by atoms with Gasteiger partial charge in [-0.3, -0.25) is 4.79 Å². The van der Waals surface area contributed by atoms with Crippen LogP contribution < -0.4 is 0 Å². The molecule has 1 nitrogen and oxygen atoms in total. The van der Waals surface area contributed by atoms with Crippen molar-refractivity contribution in [1.29, 1.82) is 0 Å². The van der Waals surface area contributed by atoms with Crippen molar-refractivity contribution in [2.45, 2.75) is 58.8 Å². The summed E-state index contributed by atoms with van der Waals surface area (Å²) in [7, 11) is 0. The number of hydrogen-bond acceptors (Lipinski definition) is 1. The van der Waals surface area contributed by atoms with E-state index in [0.29, 0.717) is 5.78 Å². The second-order valence-electron chi connectivity index (χ2n) is 4.39. The van der Waals surface area contributed by atoms with Crippen LogP contribution in [0, 0.1) is 5.92 Å². The van der Waals surface area contributed by atoms with Crippen molar-refractivity contribution in [3.63, 3.8) is 0 Å². The second kappa shape index (κ2) is 6.00. The molecular weight excluding hydrogens is 172 g/mol. The molecule has 14 heavy (non-hydrogen) atoms. The van der Waals surface area contributed by atoms with Crippen molar-refractivity contribution < 1.29 is 4.79 Å². The number of allylic oxidation sites excluding steroid dienone is 2. The van der Waals surface area contributed by atoms with Crippen molar-refractivity contribution in [2.24, 2.45) is 5.92 Å². The van der Waals surface area contributed by atoms with Gasteiger partial charge in [0.1, 0.15) is 5.78 Å². The monoisotopic (exact) mass is 194 g/mol. The van der Waals surface area contributed by atoms with Gasteiger partial charge in [0.25, 0.3) is 0 Å². The number of Topliss-reactive ketones (excluding diaryl/α,β-unsaturated/α-hetero) is 1. The summed E-state index contributed by atoms with van der Waals surface area (Å²) in [4.78, 5) is 11.3. The Morgan fingerprint density at radius 2 is 2.07 bits per heavy atom. The molecule has 80 valence electrons. The van der Waals surface area contributed by atoms with E-state index in [-0.39, 0.29) is 5.92 Å². The van der Waals surface area contributed by atoms with E-state index in [4.69, 9.17) is 0 Å². The van der Waals surface area contributed by atoms with E-state index in [2.05, 4.69) is 13.0 Å². The molecule has 1 atom stereocenters. The fourth-order valence-electron chi connectivity index (χ4n) is 1.72. The molecule has 0 amide bonds. The van der Waals surface area contributed by atoms with Crippen LogP contribution in [0.15, 0.2) is 11.6 Å². The van der Waals surface area contributed by atoms with Gasteiger partial charge in [0.15, 0.2) is 0 Å². The van der Waals surface area contributed by atoms with Crippen molar-refractivity contribution in [3.8, 4) is 0 Å². The highest BCUT2D eigenvalue weighted by molar-refractivity contribution is 5.80. The molecule has 0 heterocycles. The molecule has 1 aliphatic carbocycles. The predicted octanol–water partition coefficient (Wildman–Crippen LogP) is 3.88. The van der Waals surface area contributed by atoms with Gasteiger partial charge in [-0.15, -0.1) is 0 Å². The standard InChI is InChI=1S/C13H22O/c1-3-4-5-6-7-13(11(2)14)10-12-8-9-12/h10,13H,3-9H2,1-2H3. The summed E-state index contributed by atoms with van der Waals surface area (Å²) in [5.74, 6) is 0.574. The molecule has 1 aliphatic rings. The number of carbonyl (C=O) groups excluding carboxylic acids is 1. The first kappa shape index (κ1) is 11.5. The zero-order valence-electron chi connectivity index (χ0n) is 9.51. The molecule has 1 unspecified atom stereocenters. The third-order valence-electron chi connectivity index (χ3n) is 2.87. The maximum Gasteiger partial charge on any atom is 0.136 e. The van der Waals surface area contributed by atoms with Crippen LogP contribution in [0.5, 0.6) is 0 Å².